The van der Waals surface area contributed by atoms with Crippen LogP contribution in [0.15, 0.2) is 126 Å². The third-order valence-electron chi connectivity index (χ3n) is 7.38. The van der Waals surface area contributed by atoms with Gasteiger partial charge in [-0.1, -0.05) is 109 Å². The van der Waals surface area contributed by atoms with Gasteiger partial charge in [0.25, 0.3) is 5.90 Å². The maximum absolute atomic E-state index is 14.3. The van der Waals surface area contributed by atoms with E-state index in [1.165, 1.54) is 12.1 Å². The average molecular weight is 620 g/mol. The monoisotopic (exact) mass is 619 g/mol. The first-order valence-electron chi connectivity index (χ1n) is 14.6. The third kappa shape index (κ3) is 7.97. The molecule has 10 heteroatoms. The zero-order valence-corrected chi connectivity index (χ0v) is 24.2. The Hall–Kier alpha value is -4.06. The van der Waals surface area contributed by atoms with Crippen LogP contribution in [0.2, 0.25) is 0 Å². The summed E-state index contributed by atoms with van der Waals surface area (Å²) in [6.45, 7) is 0.238. The highest BCUT2D eigenvalue weighted by atomic mass is 19.4. The van der Waals surface area contributed by atoms with Gasteiger partial charge in [-0.05, 0) is 23.3 Å². The maximum Gasteiger partial charge on any atom is 0.468 e. The molecule has 0 bridgehead atoms. The molecule has 0 spiro atoms. The Balaban J connectivity index is 1.34. The lowest BCUT2D eigenvalue weighted by molar-refractivity contribution is -0.364. The van der Waals surface area contributed by atoms with Crippen molar-refractivity contribution >= 4 is 11.6 Å². The Morgan fingerprint density at radius 1 is 0.689 bits per heavy atom. The van der Waals surface area contributed by atoms with E-state index in [-0.39, 0.29) is 25.5 Å². The van der Waals surface area contributed by atoms with E-state index in [1.54, 1.807) is 18.2 Å². The van der Waals surface area contributed by atoms with Gasteiger partial charge in [0.15, 0.2) is 6.29 Å². The van der Waals surface area contributed by atoms with Crippen LogP contribution in [0.4, 0.5) is 18.9 Å². The van der Waals surface area contributed by atoms with E-state index in [2.05, 4.69) is 4.99 Å². The molecule has 2 saturated heterocycles. The van der Waals surface area contributed by atoms with Gasteiger partial charge in [0, 0.05) is 5.56 Å². The van der Waals surface area contributed by atoms with Crippen LogP contribution in [0.5, 0.6) is 0 Å². The maximum atomic E-state index is 14.3. The molecule has 7 nitrogen and oxygen atoms in total. The Bertz CT molecular complexity index is 1510. The molecule has 45 heavy (non-hydrogen) atoms. The fourth-order valence-corrected chi connectivity index (χ4v) is 5.21. The highest BCUT2D eigenvalue weighted by Gasteiger charge is 2.54. The molecule has 0 saturated carbocycles. The summed E-state index contributed by atoms with van der Waals surface area (Å²) in [6, 6.07) is 35.9. The van der Waals surface area contributed by atoms with E-state index >= 15 is 0 Å². The molecule has 2 fully saturated rings. The molecule has 6 rings (SSSR count). The van der Waals surface area contributed by atoms with E-state index in [4.69, 9.17) is 28.4 Å². The second kappa shape index (κ2) is 14.4. The Labute approximate surface area is 259 Å². The Morgan fingerprint density at radius 2 is 1.22 bits per heavy atom. The molecule has 4 aromatic rings. The van der Waals surface area contributed by atoms with Crippen LogP contribution >= 0.6 is 0 Å². The van der Waals surface area contributed by atoms with Gasteiger partial charge in [0.1, 0.15) is 24.4 Å². The minimum absolute atomic E-state index is 0.0257. The number of rotatable bonds is 9. The molecule has 4 aromatic carbocycles. The summed E-state index contributed by atoms with van der Waals surface area (Å²) >= 11 is 0. The van der Waals surface area contributed by atoms with Crippen molar-refractivity contribution in [1.29, 1.82) is 0 Å². The second-order valence-electron chi connectivity index (χ2n) is 10.6. The molecule has 2 aliphatic heterocycles. The Morgan fingerprint density at radius 3 is 1.80 bits per heavy atom. The molecule has 234 valence electrons. The van der Waals surface area contributed by atoms with Gasteiger partial charge in [-0.3, -0.25) is 0 Å². The standard InChI is InChI=1S/C35H32F3NO6/c36-35(37,38)34(39-27-19-11-4-12-20-27)45-33-31(41-22-25-15-7-2-8-16-25)30(40-21-24-13-5-1-6-14-24)29-28(43-33)23-42-32(44-29)26-17-9-3-10-18-26/h1-20,28-33H,21-23H2/t28-,29-,30+,31-,32?,33?/m1/s1. The fraction of sp³-hybridized carbons (Fsp3) is 0.286. The highest BCUT2D eigenvalue weighted by Crippen LogP contribution is 2.38. The van der Waals surface area contributed by atoms with Crippen LogP contribution in [0.3, 0.4) is 0 Å². The van der Waals surface area contributed by atoms with Crippen molar-refractivity contribution in [3.8, 4) is 0 Å². The predicted octanol–water partition coefficient (Wildman–Crippen LogP) is 7.31. The van der Waals surface area contributed by atoms with Crippen LogP contribution in [0.1, 0.15) is 23.0 Å². The largest absolute Gasteiger partial charge is 0.468 e. The minimum atomic E-state index is -4.92. The van der Waals surface area contributed by atoms with Gasteiger partial charge in [-0.2, -0.15) is 13.2 Å². The summed E-state index contributed by atoms with van der Waals surface area (Å²) in [4.78, 5) is 3.78. The van der Waals surface area contributed by atoms with Crippen molar-refractivity contribution in [3.05, 3.63) is 138 Å². The van der Waals surface area contributed by atoms with Crippen molar-refractivity contribution in [2.24, 2.45) is 4.99 Å². The number of alkyl halides is 3. The molecule has 0 radical (unpaired) electrons. The van der Waals surface area contributed by atoms with Crippen LogP contribution in [-0.4, -0.2) is 49.4 Å². The van der Waals surface area contributed by atoms with Gasteiger partial charge < -0.3 is 28.4 Å². The first-order chi connectivity index (χ1) is 21.9. The zero-order valence-electron chi connectivity index (χ0n) is 24.2. The Kier molecular flexibility index (Phi) is 9.88. The number of nitrogens with zero attached hydrogens (tertiary/aromatic N) is 1. The number of hydrogen-bond acceptors (Lipinski definition) is 7. The lowest BCUT2D eigenvalue weighted by Crippen LogP contribution is -2.64. The van der Waals surface area contributed by atoms with Crippen molar-refractivity contribution in [3.63, 3.8) is 0 Å². The first kappa shape index (κ1) is 30.9. The molecular formula is C35H32F3NO6. The van der Waals surface area contributed by atoms with Gasteiger partial charge in [0.05, 0.1) is 25.5 Å². The highest BCUT2D eigenvalue weighted by molar-refractivity contribution is 5.84. The van der Waals surface area contributed by atoms with Crippen molar-refractivity contribution < 1.29 is 41.6 Å². The van der Waals surface area contributed by atoms with Crippen LogP contribution < -0.4 is 0 Å². The fourth-order valence-electron chi connectivity index (χ4n) is 5.21. The van der Waals surface area contributed by atoms with Gasteiger partial charge in [-0.15, -0.1) is 0 Å². The number of hydrogen-bond donors (Lipinski definition) is 0. The van der Waals surface area contributed by atoms with E-state index in [0.29, 0.717) is 0 Å². The second-order valence-corrected chi connectivity index (χ2v) is 10.6. The number of fused-ring (bicyclic) bond motifs is 1. The normalized spacial score (nSPS) is 25.4. The zero-order chi connectivity index (χ0) is 31.1. The smallest absolute Gasteiger partial charge is 0.441 e. The summed E-state index contributed by atoms with van der Waals surface area (Å²) in [7, 11) is 0. The third-order valence-corrected chi connectivity index (χ3v) is 7.38. The van der Waals surface area contributed by atoms with Crippen molar-refractivity contribution in [1.82, 2.24) is 0 Å². The lowest BCUT2D eigenvalue weighted by Gasteiger charge is -2.48. The molecule has 0 aromatic heterocycles. The van der Waals surface area contributed by atoms with Gasteiger partial charge in [-0.25, -0.2) is 4.99 Å². The summed E-state index contributed by atoms with van der Waals surface area (Å²) in [6.07, 6.45) is -10.8. The van der Waals surface area contributed by atoms with Crippen LogP contribution in [0, 0.1) is 0 Å². The molecule has 2 aliphatic rings. The minimum Gasteiger partial charge on any atom is -0.441 e. The van der Waals surface area contributed by atoms with Gasteiger partial charge >= 0.3 is 6.18 Å². The van der Waals surface area contributed by atoms with E-state index in [9.17, 15) is 13.2 Å². The summed E-state index contributed by atoms with van der Waals surface area (Å²) in [5, 5.41) is 0. The van der Waals surface area contributed by atoms with Crippen LogP contribution in [-0.2, 0) is 41.6 Å². The molecule has 2 heterocycles. The van der Waals surface area contributed by atoms with Crippen molar-refractivity contribution in [2.75, 3.05) is 6.61 Å². The number of benzene rings is 4. The topological polar surface area (TPSA) is 67.7 Å². The number of halogens is 3. The average Bonchev–Trinajstić information content (AvgIpc) is 3.07. The predicted molar refractivity (Wildman–Crippen MR) is 159 cm³/mol. The summed E-state index contributed by atoms with van der Waals surface area (Å²) in [5.41, 5.74) is 2.54. The summed E-state index contributed by atoms with van der Waals surface area (Å²) < 4.78 is 79.9. The molecule has 0 aliphatic carbocycles. The van der Waals surface area contributed by atoms with Crippen LogP contribution in [0.25, 0.3) is 0 Å². The van der Waals surface area contributed by atoms with E-state index < -0.39 is 49.1 Å². The molecular weight excluding hydrogens is 587 g/mol. The molecule has 0 amide bonds. The molecule has 2 unspecified atom stereocenters. The first-order valence-corrected chi connectivity index (χ1v) is 14.6. The lowest BCUT2D eigenvalue weighted by atomic mass is 9.97. The SMILES string of the molecule is FC(F)(F)C(=Nc1ccccc1)OC1O[C@@H]2COC(c3ccccc3)O[C@H]2[C@H](OCc2ccccc2)[C@H]1OCc1ccccc1. The summed E-state index contributed by atoms with van der Waals surface area (Å²) in [5.74, 6) is -1.47. The van der Waals surface area contributed by atoms with E-state index in [1.807, 2.05) is 91.0 Å². The molecule has 0 N–H and O–H groups in total. The number of para-hydroxylation sites is 1. The van der Waals surface area contributed by atoms with Crippen molar-refractivity contribution in [2.45, 2.75) is 56.4 Å². The molecule has 6 atom stereocenters. The van der Waals surface area contributed by atoms with Gasteiger partial charge in [0.2, 0.25) is 6.29 Å². The number of aliphatic imine (C=N–C) groups is 1. The van der Waals surface area contributed by atoms with E-state index in [0.717, 1.165) is 16.7 Å². The quantitative estimate of drug-likeness (QED) is 0.145. The number of ether oxygens (including phenoxy) is 6.